The Morgan fingerprint density at radius 3 is 2.53 bits per heavy atom. The van der Waals surface area contributed by atoms with Crippen molar-refractivity contribution < 1.29 is 34.8 Å². The summed E-state index contributed by atoms with van der Waals surface area (Å²) in [7, 11) is 0. The van der Waals surface area contributed by atoms with Crippen LogP contribution in [0, 0.1) is 17.8 Å². The Labute approximate surface area is 225 Å². The van der Waals surface area contributed by atoms with E-state index in [2.05, 4.69) is 18.7 Å². The van der Waals surface area contributed by atoms with Gasteiger partial charge in [-0.2, -0.15) is 0 Å². The highest BCUT2D eigenvalue weighted by atomic mass is 35.5. The lowest BCUT2D eigenvalue weighted by Gasteiger charge is -2.45. The molecule has 2 unspecified atom stereocenters. The van der Waals surface area contributed by atoms with E-state index in [4.69, 9.17) is 17.3 Å². The van der Waals surface area contributed by atoms with E-state index in [9.17, 15) is 34.8 Å². The van der Waals surface area contributed by atoms with Gasteiger partial charge in [-0.1, -0.05) is 18.5 Å². The molecule has 0 spiro atoms. The second kappa shape index (κ2) is 9.39. The minimum Gasteiger partial charge on any atom is -0.511 e. The summed E-state index contributed by atoms with van der Waals surface area (Å²) in [6.07, 6.45) is 3.36. The van der Waals surface area contributed by atoms with Gasteiger partial charge in [0.2, 0.25) is 5.78 Å². The lowest BCUT2D eigenvalue weighted by Crippen LogP contribution is -2.57. The number of benzene rings is 1. The van der Waals surface area contributed by atoms with Crippen molar-refractivity contribution in [3.8, 4) is 5.75 Å². The van der Waals surface area contributed by atoms with Crippen molar-refractivity contribution in [2.75, 3.05) is 6.54 Å². The number of hydrogen-bond acceptors (Lipinski definition) is 8. The third kappa shape index (κ3) is 4.03. The molecular formula is C28H33ClN2O7. The quantitative estimate of drug-likeness (QED) is 0.327. The number of aromatic hydroxyl groups is 1. The van der Waals surface area contributed by atoms with Crippen LogP contribution in [0.15, 0.2) is 28.7 Å². The molecule has 10 heteroatoms. The molecule has 1 aromatic carbocycles. The van der Waals surface area contributed by atoms with Crippen LogP contribution in [-0.4, -0.2) is 61.0 Å². The highest BCUT2D eigenvalue weighted by molar-refractivity contribution is 6.33. The van der Waals surface area contributed by atoms with Gasteiger partial charge in [-0.15, -0.1) is 0 Å². The number of aliphatic hydroxyl groups is 3. The molecule has 1 aromatic rings. The van der Waals surface area contributed by atoms with Gasteiger partial charge < -0.3 is 26.2 Å². The number of hydrogen-bond donors (Lipinski definition) is 5. The molecule has 0 saturated heterocycles. The smallest absolute Gasteiger partial charge is 0.255 e. The number of phenolic OH excluding ortho intramolecular Hbond substituents is 1. The van der Waals surface area contributed by atoms with Crippen molar-refractivity contribution in [1.29, 1.82) is 0 Å². The van der Waals surface area contributed by atoms with Crippen molar-refractivity contribution >= 4 is 29.1 Å². The second-order valence-electron chi connectivity index (χ2n) is 11.3. The van der Waals surface area contributed by atoms with Gasteiger partial charge in [-0.3, -0.25) is 19.3 Å². The number of halogens is 1. The summed E-state index contributed by atoms with van der Waals surface area (Å²) in [5, 5.41) is 44.1. The molecule has 6 N–H and O–H groups in total. The molecule has 0 heterocycles. The lowest BCUT2D eigenvalue weighted by molar-refractivity contribution is -0.144. The first kappa shape index (κ1) is 26.7. The number of phenols is 1. The molecule has 0 aromatic heterocycles. The van der Waals surface area contributed by atoms with Gasteiger partial charge in [0.25, 0.3) is 5.91 Å². The first-order valence-electron chi connectivity index (χ1n) is 13.1. The largest absolute Gasteiger partial charge is 0.511 e. The molecule has 4 atom stereocenters. The van der Waals surface area contributed by atoms with Crippen LogP contribution in [0.3, 0.4) is 0 Å². The van der Waals surface area contributed by atoms with Gasteiger partial charge in [0.05, 0.1) is 5.56 Å². The number of nitrogens with two attached hydrogens (primary N) is 1. The van der Waals surface area contributed by atoms with E-state index in [1.165, 1.54) is 18.9 Å². The number of aliphatic hydroxyl groups excluding tert-OH is 2. The predicted molar refractivity (Wildman–Crippen MR) is 139 cm³/mol. The molecule has 0 radical (unpaired) electrons. The Morgan fingerprint density at radius 2 is 1.92 bits per heavy atom. The SMILES string of the molecule is CCC(C)N(Cc1cc(O)c2c(c1Cl)CC1C[C@H]3CC(O)=C(C(N)=O)C(=O)[C@@]3(O)C(O)=C1C2=O)CC1CC1. The van der Waals surface area contributed by atoms with Gasteiger partial charge in [0.1, 0.15) is 22.8 Å². The molecule has 4 aliphatic carbocycles. The summed E-state index contributed by atoms with van der Waals surface area (Å²) in [5.41, 5.74) is 2.79. The molecule has 1 fully saturated rings. The Morgan fingerprint density at radius 1 is 1.24 bits per heavy atom. The fourth-order valence-electron chi connectivity index (χ4n) is 6.35. The standard InChI is InChI=1S/C28H33ClN2O7/c1-3-12(2)31(10-13-4-5-13)11-15-8-18(32)21-17(23(15)29)7-14-6-16-9-19(33)22(27(30)37)26(36)28(16,38)25(35)20(14)24(21)34/h8,12-14,16,32-33,35,38H,3-7,9-11H2,1-2H3,(H2,30,37)/t12?,14?,16-,28-/m0/s1. The van der Waals surface area contributed by atoms with Crippen LogP contribution < -0.4 is 5.73 Å². The van der Waals surface area contributed by atoms with Gasteiger partial charge in [0, 0.05) is 42.1 Å². The molecule has 1 amide bonds. The first-order valence-corrected chi connectivity index (χ1v) is 13.5. The number of amides is 1. The number of rotatable bonds is 7. The summed E-state index contributed by atoms with van der Waals surface area (Å²) in [5.74, 6) is -5.81. The highest BCUT2D eigenvalue weighted by Crippen LogP contribution is 2.52. The van der Waals surface area contributed by atoms with Crippen molar-refractivity contribution in [2.24, 2.45) is 23.5 Å². The zero-order valence-electron chi connectivity index (χ0n) is 21.5. The highest BCUT2D eigenvalue weighted by Gasteiger charge is 2.59. The molecule has 204 valence electrons. The van der Waals surface area contributed by atoms with E-state index in [1.807, 2.05) is 0 Å². The van der Waals surface area contributed by atoms with E-state index in [1.54, 1.807) is 0 Å². The number of Topliss-reactive ketones (excluding diaryl/α,β-unsaturated/α-hetero) is 2. The van der Waals surface area contributed by atoms with Crippen molar-refractivity contribution in [3.63, 3.8) is 0 Å². The lowest BCUT2D eigenvalue weighted by atomic mass is 9.60. The average Bonchev–Trinajstić information content (AvgIpc) is 3.67. The fourth-order valence-corrected chi connectivity index (χ4v) is 6.63. The number of carbonyl (C=O) groups is 3. The number of nitrogens with zero attached hydrogens (tertiary/aromatic N) is 1. The summed E-state index contributed by atoms with van der Waals surface area (Å²) in [6, 6.07) is 1.79. The van der Waals surface area contributed by atoms with Crippen LogP contribution in [0.2, 0.25) is 5.02 Å². The maximum Gasteiger partial charge on any atom is 0.255 e. The minimum atomic E-state index is -2.57. The predicted octanol–water partition coefficient (Wildman–Crippen LogP) is 3.24. The number of ketones is 2. The van der Waals surface area contributed by atoms with Gasteiger partial charge in [-0.05, 0) is 68.1 Å². The topological polar surface area (TPSA) is 161 Å². The van der Waals surface area contributed by atoms with Gasteiger partial charge >= 0.3 is 0 Å². The Kier molecular flexibility index (Phi) is 6.60. The molecular weight excluding hydrogens is 512 g/mol. The van der Waals surface area contributed by atoms with E-state index in [0.29, 0.717) is 34.7 Å². The molecule has 0 aliphatic heterocycles. The summed E-state index contributed by atoms with van der Waals surface area (Å²) in [4.78, 5) is 40.8. The van der Waals surface area contributed by atoms with Crippen LogP contribution in [0.25, 0.3) is 0 Å². The van der Waals surface area contributed by atoms with Gasteiger partial charge in [-0.25, -0.2) is 0 Å². The molecule has 9 nitrogen and oxygen atoms in total. The molecule has 4 aliphatic rings. The molecule has 1 saturated carbocycles. The van der Waals surface area contributed by atoms with Crippen molar-refractivity contribution in [1.82, 2.24) is 4.90 Å². The molecule has 38 heavy (non-hydrogen) atoms. The summed E-state index contributed by atoms with van der Waals surface area (Å²) >= 11 is 6.87. The third-order valence-corrected chi connectivity index (χ3v) is 9.32. The number of carbonyl (C=O) groups excluding carboxylic acids is 3. The first-order chi connectivity index (χ1) is 17.9. The monoisotopic (exact) mass is 544 g/mol. The Hall–Kier alpha value is -2.88. The number of fused-ring (bicyclic) bond motifs is 3. The zero-order valence-corrected chi connectivity index (χ0v) is 22.2. The normalized spacial score (nSPS) is 27.8. The second-order valence-corrected chi connectivity index (χ2v) is 11.6. The average molecular weight is 545 g/mol. The van der Waals surface area contributed by atoms with Crippen molar-refractivity contribution in [3.05, 3.63) is 50.4 Å². The number of allylic oxidation sites excluding steroid dienone is 2. The minimum absolute atomic E-state index is 0.0624. The molecule has 5 rings (SSSR count). The van der Waals surface area contributed by atoms with E-state index < -0.39 is 52.0 Å². The molecule has 0 bridgehead atoms. The third-order valence-electron chi connectivity index (χ3n) is 8.85. The van der Waals surface area contributed by atoms with Crippen LogP contribution in [0.1, 0.15) is 67.4 Å². The van der Waals surface area contributed by atoms with Crippen molar-refractivity contribution in [2.45, 2.75) is 70.6 Å². The van der Waals surface area contributed by atoms with E-state index in [-0.39, 0.29) is 36.1 Å². The van der Waals surface area contributed by atoms with Crippen LogP contribution in [0.4, 0.5) is 0 Å². The van der Waals surface area contributed by atoms with Gasteiger partial charge in [0.15, 0.2) is 11.4 Å². The van der Waals surface area contributed by atoms with E-state index in [0.717, 1.165) is 13.0 Å². The number of primary amides is 1. The maximum absolute atomic E-state index is 13.7. The van der Waals surface area contributed by atoms with Crippen LogP contribution in [0.5, 0.6) is 5.75 Å². The maximum atomic E-state index is 13.7. The Bertz CT molecular complexity index is 1310. The Balaban J connectivity index is 1.55. The summed E-state index contributed by atoms with van der Waals surface area (Å²) in [6.45, 7) is 5.72. The van der Waals surface area contributed by atoms with Crippen LogP contribution in [-0.2, 0) is 22.6 Å². The van der Waals surface area contributed by atoms with E-state index >= 15 is 0 Å². The fraction of sp³-hybridized carbons (Fsp3) is 0.536. The van der Waals surface area contributed by atoms with Crippen LogP contribution >= 0.6 is 11.6 Å². The summed E-state index contributed by atoms with van der Waals surface area (Å²) < 4.78 is 0. The zero-order chi connectivity index (χ0) is 27.7.